The van der Waals surface area contributed by atoms with Crippen LogP contribution in [-0.4, -0.2) is 31.4 Å². The molecule has 0 saturated heterocycles. The first-order chi connectivity index (χ1) is 9.68. The average Bonchev–Trinajstić information content (AvgIpc) is 2.78. The molecule has 6 nitrogen and oxygen atoms in total. The van der Waals surface area contributed by atoms with Gasteiger partial charge in [0.25, 0.3) is 12.3 Å². The number of rotatable bonds is 7. The number of carbonyl (C=O) groups excluding carboxylic acids is 1. The van der Waals surface area contributed by atoms with Crippen molar-refractivity contribution in [2.45, 2.75) is 50.6 Å². The van der Waals surface area contributed by atoms with E-state index in [0.717, 1.165) is 16.8 Å². The number of aromatic nitrogens is 1. The maximum Gasteiger partial charge on any atom is 0.268 e. The van der Waals surface area contributed by atoms with Gasteiger partial charge < -0.3 is 9.88 Å². The summed E-state index contributed by atoms with van der Waals surface area (Å²) in [6.07, 6.45) is -0.409. The molecule has 0 aliphatic heterocycles. The Morgan fingerprint density at radius 3 is 2.38 bits per heavy atom. The number of amides is 1. The van der Waals surface area contributed by atoms with Crippen molar-refractivity contribution in [1.82, 2.24) is 9.88 Å². The number of carbonyl (C=O) groups is 1. The zero-order valence-electron chi connectivity index (χ0n) is 11.8. The van der Waals surface area contributed by atoms with E-state index in [1.54, 1.807) is 0 Å². The Kier molecular flexibility index (Phi) is 5.85. The summed E-state index contributed by atoms with van der Waals surface area (Å²) >= 11 is 0. The molecule has 1 amide bonds. The predicted octanol–water partition coefficient (Wildman–Crippen LogP) is 1.32. The minimum absolute atomic E-state index is 0.106. The lowest BCUT2D eigenvalue weighted by atomic mass is 10.1. The first-order valence-corrected chi connectivity index (χ1v) is 8.05. The highest BCUT2D eigenvalue weighted by Gasteiger charge is 2.21. The molecule has 9 heteroatoms. The summed E-state index contributed by atoms with van der Waals surface area (Å²) in [4.78, 5) is 11.7. The molecule has 21 heavy (non-hydrogen) atoms. The second-order valence-electron chi connectivity index (χ2n) is 4.64. The molecule has 120 valence electrons. The summed E-state index contributed by atoms with van der Waals surface area (Å²) in [6.45, 7) is 2.98. The molecule has 1 rings (SSSR count). The van der Waals surface area contributed by atoms with Crippen LogP contribution in [0.25, 0.3) is 0 Å². The number of hydrogen-bond donors (Lipinski definition) is 2. The number of nitrogens with two attached hydrogens (primary N) is 1. The third-order valence-corrected chi connectivity index (χ3v) is 3.97. The summed E-state index contributed by atoms with van der Waals surface area (Å²) in [7, 11) is -4.06. The second-order valence-corrected chi connectivity index (χ2v) is 6.20. The smallest absolute Gasteiger partial charge is 0.268 e. The van der Waals surface area contributed by atoms with Crippen molar-refractivity contribution in [2.24, 2.45) is 5.14 Å². The molecular formula is C12H19F2N3O3S. The van der Waals surface area contributed by atoms with Crippen molar-refractivity contribution in [3.63, 3.8) is 0 Å². The van der Waals surface area contributed by atoms with Gasteiger partial charge in [0.2, 0.25) is 10.0 Å². The maximum atomic E-state index is 12.5. The SMILES string of the molecule is CCC(CC)NC(=O)c1cc(S(N)(=O)=O)cn1CC(F)F. The summed E-state index contributed by atoms with van der Waals surface area (Å²) in [5.74, 6) is -0.598. The van der Waals surface area contributed by atoms with Gasteiger partial charge in [-0.1, -0.05) is 13.8 Å². The molecule has 0 aliphatic carbocycles. The second kappa shape index (κ2) is 6.99. The quantitative estimate of drug-likeness (QED) is 0.792. The van der Waals surface area contributed by atoms with E-state index in [0.29, 0.717) is 12.8 Å². The van der Waals surface area contributed by atoms with Gasteiger partial charge in [0.05, 0.1) is 6.54 Å². The Hall–Kier alpha value is -1.48. The highest BCUT2D eigenvalue weighted by Crippen LogP contribution is 2.15. The van der Waals surface area contributed by atoms with Crippen LogP contribution in [0.3, 0.4) is 0 Å². The molecule has 3 N–H and O–H groups in total. The molecule has 0 radical (unpaired) electrons. The number of nitrogens with zero attached hydrogens (tertiary/aromatic N) is 1. The molecule has 0 atom stereocenters. The van der Waals surface area contributed by atoms with E-state index >= 15 is 0 Å². The molecule has 1 aromatic heterocycles. The summed E-state index contributed by atoms with van der Waals surface area (Å²) < 4.78 is 48.5. The van der Waals surface area contributed by atoms with Gasteiger partial charge in [0.1, 0.15) is 10.6 Å². The fraction of sp³-hybridized carbons (Fsp3) is 0.583. The lowest BCUT2D eigenvalue weighted by molar-refractivity contribution is 0.0912. The molecule has 1 aromatic rings. The third-order valence-electron chi connectivity index (χ3n) is 3.09. The molecule has 0 fully saturated rings. The largest absolute Gasteiger partial charge is 0.348 e. The van der Waals surface area contributed by atoms with Crippen molar-refractivity contribution >= 4 is 15.9 Å². The highest BCUT2D eigenvalue weighted by molar-refractivity contribution is 7.89. The molecule has 0 unspecified atom stereocenters. The molecular weight excluding hydrogens is 304 g/mol. The highest BCUT2D eigenvalue weighted by atomic mass is 32.2. The van der Waals surface area contributed by atoms with Crippen molar-refractivity contribution in [1.29, 1.82) is 0 Å². The minimum atomic E-state index is -4.06. The van der Waals surface area contributed by atoms with Crippen LogP contribution in [0, 0.1) is 0 Å². The average molecular weight is 323 g/mol. The molecule has 0 aliphatic rings. The van der Waals surface area contributed by atoms with E-state index < -0.39 is 28.9 Å². The molecule has 0 aromatic carbocycles. The fourth-order valence-electron chi connectivity index (χ4n) is 1.88. The van der Waals surface area contributed by atoms with Gasteiger partial charge in [-0.25, -0.2) is 22.3 Å². The zero-order chi connectivity index (χ0) is 16.2. The predicted molar refractivity (Wildman–Crippen MR) is 73.6 cm³/mol. The van der Waals surface area contributed by atoms with Crippen LogP contribution in [0.1, 0.15) is 37.2 Å². The summed E-state index contributed by atoms with van der Waals surface area (Å²) in [5.41, 5.74) is -0.147. The van der Waals surface area contributed by atoms with Crippen LogP contribution in [0.4, 0.5) is 8.78 Å². The van der Waals surface area contributed by atoms with E-state index in [-0.39, 0.29) is 16.6 Å². The van der Waals surface area contributed by atoms with E-state index in [1.165, 1.54) is 0 Å². The van der Waals surface area contributed by atoms with Gasteiger partial charge in [-0.3, -0.25) is 4.79 Å². The lowest BCUT2D eigenvalue weighted by Gasteiger charge is -2.15. The number of halogens is 2. The van der Waals surface area contributed by atoms with Crippen LogP contribution in [-0.2, 0) is 16.6 Å². The number of primary sulfonamides is 1. The minimum Gasteiger partial charge on any atom is -0.348 e. The maximum absolute atomic E-state index is 12.5. The van der Waals surface area contributed by atoms with Crippen LogP contribution >= 0.6 is 0 Å². The first kappa shape index (κ1) is 17.6. The number of sulfonamides is 1. The van der Waals surface area contributed by atoms with Crippen LogP contribution in [0.5, 0.6) is 0 Å². The van der Waals surface area contributed by atoms with Gasteiger partial charge in [-0.2, -0.15) is 0 Å². The molecule has 0 spiro atoms. The van der Waals surface area contributed by atoms with Crippen molar-refractivity contribution in [2.75, 3.05) is 0 Å². The van der Waals surface area contributed by atoms with Crippen molar-refractivity contribution in [3.05, 3.63) is 18.0 Å². The van der Waals surface area contributed by atoms with Crippen LogP contribution in [0.15, 0.2) is 17.2 Å². The van der Waals surface area contributed by atoms with Gasteiger partial charge >= 0.3 is 0 Å². The van der Waals surface area contributed by atoms with E-state index in [2.05, 4.69) is 5.32 Å². The summed E-state index contributed by atoms with van der Waals surface area (Å²) in [6, 6.07) is 0.903. The van der Waals surface area contributed by atoms with Crippen molar-refractivity contribution in [3.8, 4) is 0 Å². The standard InChI is InChI=1S/C12H19F2N3O3S/c1-3-8(4-2)16-12(18)10-5-9(21(15,19)20)6-17(10)7-11(13)14/h5-6,8,11H,3-4,7H2,1-2H3,(H,16,18)(H2,15,19,20). The van der Waals surface area contributed by atoms with Gasteiger partial charge in [0.15, 0.2) is 0 Å². The van der Waals surface area contributed by atoms with E-state index in [1.807, 2.05) is 13.8 Å². The fourth-order valence-corrected chi connectivity index (χ4v) is 2.43. The third kappa shape index (κ3) is 4.78. The Labute approximate surface area is 122 Å². The first-order valence-electron chi connectivity index (χ1n) is 6.51. The topological polar surface area (TPSA) is 94.2 Å². The number of hydrogen-bond acceptors (Lipinski definition) is 3. The Morgan fingerprint density at radius 2 is 1.95 bits per heavy atom. The van der Waals surface area contributed by atoms with Crippen LogP contribution < -0.4 is 10.5 Å². The Morgan fingerprint density at radius 1 is 1.38 bits per heavy atom. The molecule has 0 saturated carbocycles. The van der Waals surface area contributed by atoms with E-state index in [9.17, 15) is 22.0 Å². The normalized spacial score (nSPS) is 12.1. The molecule has 1 heterocycles. The number of nitrogens with one attached hydrogen (secondary N) is 1. The lowest BCUT2D eigenvalue weighted by Crippen LogP contribution is -2.35. The molecule has 0 bridgehead atoms. The van der Waals surface area contributed by atoms with Gasteiger partial charge in [0, 0.05) is 12.2 Å². The monoisotopic (exact) mass is 323 g/mol. The Balaban J connectivity index is 3.14. The van der Waals surface area contributed by atoms with Gasteiger partial charge in [-0.05, 0) is 18.9 Å². The zero-order valence-corrected chi connectivity index (χ0v) is 12.7. The van der Waals surface area contributed by atoms with Gasteiger partial charge in [-0.15, -0.1) is 0 Å². The summed E-state index contributed by atoms with van der Waals surface area (Å²) in [5, 5.41) is 7.63. The number of alkyl halides is 2. The Bertz CT molecular complexity index is 595. The van der Waals surface area contributed by atoms with E-state index in [4.69, 9.17) is 5.14 Å². The van der Waals surface area contributed by atoms with Crippen molar-refractivity contribution < 1.29 is 22.0 Å². The van der Waals surface area contributed by atoms with Crippen LogP contribution in [0.2, 0.25) is 0 Å².